The van der Waals surface area contributed by atoms with Gasteiger partial charge in [0.2, 0.25) is 11.8 Å². The maximum absolute atomic E-state index is 12.9. The van der Waals surface area contributed by atoms with E-state index < -0.39 is 12.0 Å². The van der Waals surface area contributed by atoms with Crippen LogP contribution in [0.15, 0.2) is 84.9 Å². The summed E-state index contributed by atoms with van der Waals surface area (Å²) in [6.07, 6.45) is 4.47. The molecule has 4 rings (SSSR count). The van der Waals surface area contributed by atoms with Crippen molar-refractivity contribution in [1.29, 1.82) is 0 Å². The van der Waals surface area contributed by atoms with E-state index in [0.29, 0.717) is 25.9 Å². The van der Waals surface area contributed by atoms with Crippen molar-refractivity contribution in [3.63, 3.8) is 0 Å². The SMILES string of the molecule is COC(=O)[C@H](Cc1ccc(OCc2ccccc2)cc1)NC(=O)C[C@H]1CC[C@H](NC(=O)Cc2ccccc2)CC1. The summed E-state index contributed by atoms with van der Waals surface area (Å²) in [7, 11) is 1.33. The van der Waals surface area contributed by atoms with Gasteiger partial charge in [-0.05, 0) is 60.4 Å². The quantitative estimate of drug-likeness (QED) is 0.322. The van der Waals surface area contributed by atoms with Crippen molar-refractivity contribution in [3.8, 4) is 5.75 Å². The fraction of sp³-hybridized carbons (Fsp3) is 0.364. The number of hydrogen-bond donors (Lipinski definition) is 2. The molecule has 7 heteroatoms. The zero-order chi connectivity index (χ0) is 28.2. The molecular formula is C33H38N2O5. The number of carbonyl (C=O) groups is 3. The Morgan fingerprint density at radius 1 is 0.775 bits per heavy atom. The summed E-state index contributed by atoms with van der Waals surface area (Å²) < 4.78 is 10.8. The fourth-order valence-corrected chi connectivity index (χ4v) is 5.12. The molecule has 1 aliphatic carbocycles. The summed E-state index contributed by atoms with van der Waals surface area (Å²) >= 11 is 0. The number of amides is 2. The summed E-state index contributed by atoms with van der Waals surface area (Å²) in [6, 6.07) is 26.5. The minimum absolute atomic E-state index is 0.0316. The molecule has 0 spiro atoms. The minimum atomic E-state index is -0.762. The highest BCUT2D eigenvalue weighted by molar-refractivity contribution is 5.84. The Morgan fingerprint density at radius 3 is 2.02 bits per heavy atom. The first-order valence-corrected chi connectivity index (χ1v) is 13.9. The molecule has 0 heterocycles. The Kier molecular flexibility index (Phi) is 10.7. The lowest BCUT2D eigenvalue weighted by Gasteiger charge is -2.29. The molecule has 0 aromatic heterocycles. The van der Waals surface area contributed by atoms with Crippen LogP contribution in [0.4, 0.5) is 0 Å². The molecule has 210 valence electrons. The van der Waals surface area contributed by atoms with Gasteiger partial charge in [-0.1, -0.05) is 72.8 Å². The number of ether oxygens (including phenoxy) is 2. The lowest BCUT2D eigenvalue weighted by Crippen LogP contribution is -2.44. The van der Waals surface area contributed by atoms with Crippen molar-refractivity contribution in [1.82, 2.24) is 10.6 Å². The van der Waals surface area contributed by atoms with Crippen LogP contribution in [0.5, 0.6) is 5.75 Å². The zero-order valence-electron chi connectivity index (χ0n) is 23.0. The smallest absolute Gasteiger partial charge is 0.328 e. The predicted octanol–water partition coefficient (Wildman–Crippen LogP) is 4.77. The minimum Gasteiger partial charge on any atom is -0.489 e. The highest BCUT2D eigenvalue weighted by atomic mass is 16.5. The average molecular weight is 543 g/mol. The lowest BCUT2D eigenvalue weighted by molar-refractivity contribution is -0.145. The van der Waals surface area contributed by atoms with E-state index >= 15 is 0 Å². The van der Waals surface area contributed by atoms with Gasteiger partial charge in [-0.15, -0.1) is 0 Å². The Bertz CT molecular complexity index is 1220. The molecule has 3 aromatic carbocycles. The third-order valence-electron chi connectivity index (χ3n) is 7.33. The van der Waals surface area contributed by atoms with Crippen LogP contribution >= 0.6 is 0 Å². The molecule has 1 aliphatic rings. The Hall–Kier alpha value is -4.13. The third kappa shape index (κ3) is 9.26. The summed E-state index contributed by atoms with van der Waals surface area (Å²) in [6.45, 7) is 0.475. The first-order valence-electron chi connectivity index (χ1n) is 13.9. The van der Waals surface area contributed by atoms with Gasteiger partial charge >= 0.3 is 5.97 Å². The number of methoxy groups -OCH3 is 1. The van der Waals surface area contributed by atoms with Gasteiger partial charge in [-0.25, -0.2) is 4.79 Å². The molecule has 0 radical (unpaired) electrons. The Labute approximate surface area is 236 Å². The van der Waals surface area contributed by atoms with Crippen molar-refractivity contribution < 1.29 is 23.9 Å². The van der Waals surface area contributed by atoms with Gasteiger partial charge in [-0.3, -0.25) is 9.59 Å². The van der Waals surface area contributed by atoms with Gasteiger partial charge in [0.1, 0.15) is 18.4 Å². The average Bonchev–Trinajstić information content (AvgIpc) is 2.98. The Morgan fingerprint density at radius 2 is 1.40 bits per heavy atom. The molecule has 2 N–H and O–H groups in total. The number of hydrogen-bond acceptors (Lipinski definition) is 5. The van der Waals surface area contributed by atoms with E-state index in [9.17, 15) is 14.4 Å². The second-order valence-corrected chi connectivity index (χ2v) is 10.4. The highest BCUT2D eigenvalue weighted by Gasteiger charge is 2.27. The number of carbonyl (C=O) groups excluding carboxylic acids is 3. The molecule has 7 nitrogen and oxygen atoms in total. The molecule has 40 heavy (non-hydrogen) atoms. The van der Waals surface area contributed by atoms with Gasteiger partial charge in [0.25, 0.3) is 0 Å². The van der Waals surface area contributed by atoms with Crippen LogP contribution in [0.25, 0.3) is 0 Å². The van der Waals surface area contributed by atoms with E-state index in [4.69, 9.17) is 9.47 Å². The number of nitrogens with one attached hydrogen (secondary N) is 2. The largest absolute Gasteiger partial charge is 0.489 e. The maximum Gasteiger partial charge on any atom is 0.328 e. The van der Waals surface area contributed by atoms with E-state index in [1.54, 1.807) is 0 Å². The van der Waals surface area contributed by atoms with Gasteiger partial charge in [0, 0.05) is 18.9 Å². The first kappa shape index (κ1) is 28.9. The van der Waals surface area contributed by atoms with Crippen LogP contribution < -0.4 is 15.4 Å². The van der Waals surface area contributed by atoms with Crippen LogP contribution in [-0.4, -0.2) is 37.0 Å². The molecule has 2 amide bonds. The van der Waals surface area contributed by atoms with Crippen LogP contribution in [0, 0.1) is 5.92 Å². The standard InChI is InChI=1S/C33H38N2O5/c1-39-33(38)30(20-25-14-18-29(19-15-25)40-23-27-10-6-3-7-11-27)35-32(37)22-26-12-16-28(17-13-26)34-31(36)21-24-8-4-2-5-9-24/h2-11,14-15,18-19,26,28,30H,12-13,16-17,20-23H2,1H3,(H,34,36)(H,35,37)/t26-,28-,30-/m0/s1. The maximum atomic E-state index is 12.9. The molecule has 1 fully saturated rings. The fourth-order valence-electron chi connectivity index (χ4n) is 5.12. The van der Waals surface area contributed by atoms with E-state index in [1.807, 2.05) is 84.9 Å². The molecule has 1 atom stereocenters. The second kappa shape index (κ2) is 14.9. The first-order chi connectivity index (χ1) is 19.5. The zero-order valence-corrected chi connectivity index (χ0v) is 23.0. The second-order valence-electron chi connectivity index (χ2n) is 10.4. The summed E-state index contributed by atoms with van der Waals surface area (Å²) in [5, 5.41) is 6.01. The van der Waals surface area contributed by atoms with E-state index in [-0.39, 0.29) is 23.8 Å². The summed E-state index contributed by atoms with van der Waals surface area (Å²) in [4.78, 5) is 37.7. The number of esters is 1. The number of rotatable bonds is 12. The summed E-state index contributed by atoms with van der Waals surface area (Å²) in [5.41, 5.74) is 2.98. The van der Waals surface area contributed by atoms with Gasteiger partial charge in [0.15, 0.2) is 0 Å². The molecule has 0 unspecified atom stereocenters. The lowest BCUT2D eigenvalue weighted by atomic mass is 9.83. The summed E-state index contributed by atoms with van der Waals surface area (Å²) in [5.74, 6) is 0.362. The van der Waals surface area contributed by atoms with E-state index in [1.165, 1.54) is 7.11 Å². The molecule has 1 saturated carbocycles. The van der Waals surface area contributed by atoms with Crippen molar-refractivity contribution in [3.05, 3.63) is 102 Å². The van der Waals surface area contributed by atoms with Crippen LogP contribution in [0.2, 0.25) is 0 Å². The monoisotopic (exact) mass is 542 g/mol. The highest BCUT2D eigenvalue weighted by Crippen LogP contribution is 2.27. The normalized spacial score (nSPS) is 17.3. The molecule has 3 aromatic rings. The molecular weight excluding hydrogens is 504 g/mol. The van der Waals surface area contributed by atoms with E-state index in [0.717, 1.165) is 48.1 Å². The van der Waals surface area contributed by atoms with Crippen molar-refractivity contribution in [2.45, 2.75) is 63.6 Å². The molecule has 0 saturated heterocycles. The molecule has 0 aliphatic heterocycles. The van der Waals surface area contributed by atoms with Crippen molar-refractivity contribution >= 4 is 17.8 Å². The van der Waals surface area contributed by atoms with E-state index in [2.05, 4.69) is 10.6 Å². The molecule has 0 bridgehead atoms. The van der Waals surface area contributed by atoms with Crippen LogP contribution in [0.3, 0.4) is 0 Å². The van der Waals surface area contributed by atoms with Crippen LogP contribution in [-0.2, 0) is 38.6 Å². The van der Waals surface area contributed by atoms with Crippen molar-refractivity contribution in [2.75, 3.05) is 7.11 Å². The third-order valence-corrected chi connectivity index (χ3v) is 7.33. The predicted molar refractivity (Wildman–Crippen MR) is 154 cm³/mol. The number of benzene rings is 3. The van der Waals surface area contributed by atoms with Crippen LogP contribution in [0.1, 0.15) is 48.8 Å². The van der Waals surface area contributed by atoms with Gasteiger partial charge in [0.05, 0.1) is 13.5 Å². The van der Waals surface area contributed by atoms with Crippen molar-refractivity contribution in [2.24, 2.45) is 5.92 Å². The van der Waals surface area contributed by atoms with Gasteiger partial charge < -0.3 is 20.1 Å². The topological polar surface area (TPSA) is 93.7 Å². The Balaban J connectivity index is 1.20. The van der Waals surface area contributed by atoms with Gasteiger partial charge in [-0.2, -0.15) is 0 Å².